The number of rotatable bonds is 6. The highest BCUT2D eigenvalue weighted by molar-refractivity contribution is 6.03. The minimum Gasteiger partial charge on any atom is -0.507 e. The molecule has 0 aliphatic carbocycles. The van der Waals surface area contributed by atoms with Crippen molar-refractivity contribution in [2.24, 2.45) is 0 Å². The highest BCUT2D eigenvalue weighted by atomic mass is 16.3. The first-order valence-corrected chi connectivity index (χ1v) is 21.7. The molecule has 4 heteroatoms. The molecule has 0 saturated carbocycles. The van der Waals surface area contributed by atoms with Gasteiger partial charge in [-0.3, -0.25) is 9.55 Å². The van der Waals surface area contributed by atoms with Gasteiger partial charge in [0.2, 0.25) is 0 Å². The van der Waals surface area contributed by atoms with Gasteiger partial charge in [0.05, 0.1) is 28.0 Å². The Morgan fingerprint density at radius 3 is 1.81 bits per heavy atom. The van der Waals surface area contributed by atoms with E-state index in [0.717, 1.165) is 83.3 Å². The molecule has 1 N–H and O–H groups in total. The van der Waals surface area contributed by atoms with Gasteiger partial charge in [-0.1, -0.05) is 184 Å². The average Bonchev–Trinajstić information content (AvgIpc) is 3.64. The molecule has 0 unspecified atom stereocenters. The minimum absolute atomic E-state index is 0.143. The lowest BCUT2D eigenvalue weighted by Gasteiger charge is -2.28. The summed E-state index contributed by atoms with van der Waals surface area (Å²) in [5, 5.41) is 14.8. The number of benzene rings is 7. The van der Waals surface area contributed by atoms with Gasteiger partial charge in [0.1, 0.15) is 11.6 Å². The molecule has 0 fully saturated rings. The summed E-state index contributed by atoms with van der Waals surface area (Å²) in [7, 11) is 0. The first-order chi connectivity index (χ1) is 29.6. The molecular weight excluding hydrogens is 755 g/mol. The van der Waals surface area contributed by atoms with Crippen LogP contribution in [0.2, 0.25) is 0 Å². The molecule has 308 valence electrons. The molecule has 0 saturated heterocycles. The maximum atomic E-state index is 12.6. The SMILES string of the molecule is CC(C)(C)c1cc(-c2cc(-c3ccccc3)ccn2)cc(-c2cccc3c2nc(-c2cc(C(C)(C)C)cc(C(C)(C)C)c2O)n3-c2c(-c3ccccc3)ccc3ccccc23)c1. The topological polar surface area (TPSA) is 50.9 Å². The predicted octanol–water partition coefficient (Wildman–Crippen LogP) is 15.5. The van der Waals surface area contributed by atoms with Crippen molar-refractivity contribution in [3.8, 4) is 67.5 Å². The van der Waals surface area contributed by atoms with E-state index in [1.807, 2.05) is 12.3 Å². The van der Waals surface area contributed by atoms with Crippen molar-refractivity contribution < 1.29 is 5.11 Å². The molecule has 9 rings (SSSR count). The Bertz CT molecular complexity index is 3120. The lowest BCUT2D eigenvalue weighted by Crippen LogP contribution is -2.17. The summed E-state index contributed by atoms with van der Waals surface area (Å²) in [5.74, 6) is 0.950. The van der Waals surface area contributed by atoms with Crippen molar-refractivity contribution in [2.45, 2.75) is 78.6 Å². The number of aromatic hydroxyl groups is 1. The molecule has 0 atom stereocenters. The fourth-order valence-electron chi connectivity index (χ4n) is 8.66. The molecule has 0 amide bonds. The third kappa shape index (κ3) is 7.49. The Labute approximate surface area is 366 Å². The van der Waals surface area contributed by atoms with Crippen molar-refractivity contribution >= 4 is 21.8 Å². The number of phenolic OH excluding ortho intramolecular Hbond substituents is 1. The van der Waals surface area contributed by atoms with Gasteiger partial charge in [-0.2, -0.15) is 0 Å². The average molecular weight is 810 g/mol. The second-order valence-corrected chi connectivity index (χ2v) is 19.8. The van der Waals surface area contributed by atoms with E-state index < -0.39 is 0 Å². The van der Waals surface area contributed by atoms with E-state index in [2.05, 4.69) is 219 Å². The normalized spacial score (nSPS) is 12.3. The Morgan fingerprint density at radius 2 is 1.11 bits per heavy atom. The van der Waals surface area contributed by atoms with E-state index >= 15 is 0 Å². The first-order valence-electron chi connectivity index (χ1n) is 21.7. The Hall–Kier alpha value is -6.78. The number of phenols is 1. The van der Waals surface area contributed by atoms with Crippen LogP contribution in [0.25, 0.3) is 83.5 Å². The quantitative estimate of drug-likeness (QED) is 0.182. The van der Waals surface area contributed by atoms with Crippen LogP contribution >= 0.6 is 0 Å². The molecule has 2 heterocycles. The zero-order chi connectivity index (χ0) is 43.6. The molecule has 0 radical (unpaired) electrons. The second kappa shape index (κ2) is 15.3. The summed E-state index contributed by atoms with van der Waals surface area (Å²) in [6.45, 7) is 20.0. The van der Waals surface area contributed by atoms with Crippen LogP contribution in [0.3, 0.4) is 0 Å². The van der Waals surface area contributed by atoms with E-state index in [9.17, 15) is 5.11 Å². The molecule has 0 spiro atoms. The van der Waals surface area contributed by atoms with E-state index in [-0.39, 0.29) is 22.0 Å². The number of fused-ring (bicyclic) bond motifs is 2. The van der Waals surface area contributed by atoms with Crippen LogP contribution in [0.1, 0.15) is 79.0 Å². The van der Waals surface area contributed by atoms with Crippen molar-refractivity contribution in [1.82, 2.24) is 14.5 Å². The van der Waals surface area contributed by atoms with E-state index in [0.29, 0.717) is 11.4 Å². The first kappa shape index (κ1) is 40.6. The smallest absolute Gasteiger partial charge is 0.149 e. The third-order valence-electron chi connectivity index (χ3n) is 12.2. The number of hydrogen-bond acceptors (Lipinski definition) is 3. The van der Waals surface area contributed by atoms with Gasteiger partial charge in [0, 0.05) is 33.8 Å². The molecule has 0 aliphatic rings. The van der Waals surface area contributed by atoms with Gasteiger partial charge in [0.15, 0.2) is 0 Å². The number of pyridine rings is 1. The molecule has 0 aliphatic heterocycles. The van der Waals surface area contributed by atoms with E-state index in [1.54, 1.807) is 0 Å². The van der Waals surface area contributed by atoms with Crippen molar-refractivity contribution in [3.05, 3.63) is 181 Å². The third-order valence-corrected chi connectivity index (χ3v) is 12.2. The fraction of sp³-hybridized carbons (Fsp3) is 0.207. The lowest BCUT2D eigenvalue weighted by molar-refractivity contribution is 0.446. The molecule has 4 nitrogen and oxygen atoms in total. The van der Waals surface area contributed by atoms with Crippen LogP contribution in [-0.4, -0.2) is 19.6 Å². The molecular formula is C58H55N3O. The highest BCUT2D eigenvalue weighted by Crippen LogP contribution is 2.47. The zero-order valence-electron chi connectivity index (χ0n) is 37.4. The van der Waals surface area contributed by atoms with Gasteiger partial charge in [-0.15, -0.1) is 0 Å². The second-order valence-electron chi connectivity index (χ2n) is 19.8. The Balaban J connectivity index is 1.39. The lowest BCUT2D eigenvalue weighted by atomic mass is 9.79. The fourth-order valence-corrected chi connectivity index (χ4v) is 8.66. The molecule has 0 bridgehead atoms. The van der Waals surface area contributed by atoms with Gasteiger partial charge >= 0.3 is 0 Å². The Kier molecular flexibility index (Phi) is 10.0. The van der Waals surface area contributed by atoms with Crippen molar-refractivity contribution in [1.29, 1.82) is 0 Å². The summed E-state index contributed by atoms with van der Waals surface area (Å²) in [5.41, 5.74) is 14.6. The van der Waals surface area contributed by atoms with Gasteiger partial charge in [-0.25, -0.2) is 4.98 Å². The summed E-state index contributed by atoms with van der Waals surface area (Å²) >= 11 is 0. The maximum absolute atomic E-state index is 12.6. The molecule has 9 aromatic rings. The van der Waals surface area contributed by atoms with Crippen LogP contribution in [0.15, 0.2) is 164 Å². The van der Waals surface area contributed by atoms with Crippen LogP contribution in [0.5, 0.6) is 5.75 Å². The number of hydrogen-bond donors (Lipinski definition) is 1. The van der Waals surface area contributed by atoms with Crippen molar-refractivity contribution in [2.75, 3.05) is 0 Å². The molecule has 2 aromatic heterocycles. The zero-order valence-corrected chi connectivity index (χ0v) is 37.4. The van der Waals surface area contributed by atoms with Gasteiger partial charge < -0.3 is 5.11 Å². The Morgan fingerprint density at radius 1 is 0.468 bits per heavy atom. The summed E-state index contributed by atoms with van der Waals surface area (Å²) in [4.78, 5) is 10.7. The summed E-state index contributed by atoms with van der Waals surface area (Å²) in [6, 6.07) is 56.1. The number of nitrogens with zero attached hydrogens (tertiary/aromatic N) is 3. The summed E-state index contributed by atoms with van der Waals surface area (Å²) in [6.07, 6.45) is 1.91. The van der Waals surface area contributed by atoms with Crippen LogP contribution in [-0.2, 0) is 16.2 Å². The molecule has 7 aromatic carbocycles. The van der Waals surface area contributed by atoms with Gasteiger partial charge in [-0.05, 0) is 91.4 Å². The predicted molar refractivity (Wildman–Crippen MR) is 261 cm³/mol. The molecule has 62 heavy (non-hydrogen) atoms. The minimum atomic E-state index is -0.327. The number of para-hydroxylation sites is 1. The number of imidazole rings is 1. The standard InChI is InChI=1S/C58H55N3O/c1-56(2,3)43-32-41(31-42(33-43)50-34-40(29-30-59-50)37-19-12-10-13-20-37)45-25-18-26-51-52(45)60-55(48-35-44(57(4,5)6)36-49(54(48)62)58(7,8)9)61(51)53-46-24-17-16-23-39(46)27-28-47(53)38-21-14-11-15-22-38/h10-36,62H,1-9H3. The number of aromatic nitrogens is 3. The highest BCUT2D eigenvalue weighted by Gasteiger charge is 2.30. The largest absolute Gasteiger partial charge is 0.507 e. The maximum Gasteiger partial charge on any atom is 0.149 e. The van der Waals surface area contributed by atoms with Gasteiger partial charge in [0.25, 0.3) is 0 Å². The van der Waals surface area contributed by atoms with Crippen molar-refractivity contribution in [3.63, 3.8) is 0 Å². The van der Waals surface area contributed by atoms with Crippen LogP contribution in [0, 0.1) is 0 Å². The van der Waals surface area contributed by atoms with Crippen LogP contribution in [0.4, 0.5) is 0 Å². The van der Waals surface area contributed by atoms with E-state index in [1.165, 1.54) is 5.56 Å². The monoisotopic (exact) mass is 809 g/mol. The van der Waals surface area contributed by atoms with E-state index in [4.69, 9.17) is 9.97 Å². The summed E-state index contributed by atoms with van der Waals surface area (Å²) < 4.78 is 2.32. The van der Waals surface area contributed by atoms with Crippen LogP contribution < -0.4 is 0 Å².